The second kappa shape index (κ2) is 5.70. The highest BCUT2D eigenvalue weighted by Crippen LogP contribution is 2.10. The maximum atomic E-state index is 11.9. The quantitative estimate of drug-likeness (QED) is 0.819. The van der Waals surface area contributed by atoms with E-state index in [4.69, 9.17) is 5.73 Å². The van der Waals surface area contributed by atoms with Crippen molar-refractivity contribution < 1.29 is 4.79 Å². The average Bonchev–Trinajstić information content (AvgIpc) is 2.58. The molecule has 0 spiro atoms. The Morgan fingerprint density at radius 1 is 1.53 bits per heavy atom. The van der Waals surface area contributed by atoms with E-state index in [1.807, 2.05) is 13.8 Å². The van der Waals surface area contributed by atoms with Gasteiger partial charge < -0.3 is 11.1 Å². The van der Waals surface area contributed by atoms with Gasteiger partial charge in [-0.25, -0.2) is 0 Å². The van der Waals surface area contributed by atoms with E-state index in [0.29, 0.717) is 23.8 Å². The molecule has 1 aromatic rings. The number of amides is 1. The number of hydrogen-bond acceptors (Lipinski definition) is 3. The molecule has 1 rings (SSSR count). The summed E-state index contributed by atoms with van der Waals surface area (Å²) in [5, 5.41) is 7.05. The fourth-order valence-corrected chi connectivity index (χ4v) is 1.83. The van der Waals surface area contributed by atoms with Gasteiger partial charge in [0.25, 0.3) is 5.91 Å². The van der Waals surface area contributed by atoms with Crippen LogP contribution in [0.1, 0.15) is 44.6 Å². The summed E-state index contributed by atoms with van der Waals surface area (Å²) in [7, 11) is 0. The molecule has 0 bridgehead atoms. The lowest BCUT2D eigenvalue weighted by Gasteiger charge is -2.15. The highest BCUT2D eigenvalue weighted by Gasteiger charge is 2.16. The summed E-state index contributed by atoms with van der Waals surface area (Å²) in [6, 6.07) is 0.133. The number of rotatable bonds is 5. The Labute approximate surface area is 102 Å². The van der Waals surface area contributed by atoms with E-state index in [0.717, 1.165) is 6.42 Å². The van der Waals surface area contributed by atoms with Crippen molar-refractivity contribution in [2.75, 3.05) is 5.73 Å². The molecule has 5 nitrogen and oxygen atoms in total. The fraction of sp³-hybridized carbons (Fsp3) is 0.667. The zero-order chi connectivity index (χ0) is 13.0. The number of hydrogen-bond donors (Lipinski definition) is 2. The van der Waals surface area contributed by atoms with Gasteiger partial charge in [-0.2, -0.15) is 5.10 Å². The van der Waals surface area contributed by atoms with Crippen molar-refractivity contribution in [3.63, 3.8) is 0 Å². The van der Waals surface area contributed by atoms with Crippen molar-refractivity contribution in [1.29, 1.82) is 0 Å². The van der Waals surface area contributed by atoms with Crippen LogP contribution in [0.25, 0.3) is 0 Å². The molecule has 3 N–H and O–H groups in total. The van der Waals surface area contributed by atoms with E-state index in [9.17, 15) is 4.79 Å². The topological polar surface area (TPSA) is 72.9 Å². The Bertz CT molecular complexity index is 384. The highest BCUT2D eigenvalue weighted by atomic mass is 16.2. The van der Waals surface area contributed by atoms with Crippen LogP contribution in [-0.4, -0.2) is 21.7 Å². The number of nitrogens with two attached hydrogens (primary N) is 1. The van der Waals surface area contributed by atoms with Crippen molar-refractivity contribution in [2.45, 2.75) is 46.7 Å². The molecule has 0 aliphatic heterocycles. The molecule has 96 valence electrons. The molecule has 1 amide bonds. The molecule has 1 aromatic heterocycles. The van der Waals surface area contributed by atoms with Crippen molar-refractivity contribution in [2.24, 2.45) is 5.92 Å². The summed E-state index contributed by atoms with van der Waals surface area (Å²) >= 11 is 0. The van der Waals surface area contributed by atoms with Gasteiger partial charge in [0.2, 0.25) is 0 Å². The second-order valence-corrected chi connectivity index (χ2v) is 4.79. The SMILES string of the molecule is CCn1cc(N)c(C(=O)NC(C)CC(C)C)n1. The molecule has 0 aliphatic rings. The van der Waals surface area contributed by atoms with Crippen LogP contribution in [0.15, 0.2) is 6.20 Å². The van der Waals surface area contributed by atoms with Gasteiger partial charge in [-0.15, -0.1) is 0 Å². The van der Waals surface area contributed by atoms with E-state index < -0.39 is 0 Å². The zero-order valence-electron chi connectivity index (χ0n) is 11.0. The average molecular weight is 238 g/mol. The number of anilines is 1. The molecular formula is C12H22N4O. The van der Waals surface area contributed by atoms with Crippen molar-refractivity contribution in [3.8, 4) is 0 Å². The number of nitrogens with zero attached hydrogens (tertiary/aromatic N) is 2. The molecule has 1 atom stereocenters. The van der Waals surface area contributed by atoms with E-state index in [1.54, 1.807) is 10.9 Å². The van der Waals surface area contributed by atoms with Gasteiger partial charge in [0.15, 0.2) is 5.69 Å². The van der Waals surface area contributed by atoms with Gasteiger partial charge >= 0.3 is 0 Å². The van der Waals surface area contributed by atoms with Gasteiger partial charge in [-0.05, 0) is 26.2 Å². The third-order valence-corrected chi connectivity index (χ3v) is 2.53. The van der Waals surface area contributed by atoms with Gasteiger partial charge in [0, 0.05) is 18.8 Å². The van der Waals surface area contributed by atoms with Gasteiger partial charge in [0.1, 0.15) is 0 Å². The largest absolute Gasteiger partial charge is 0.396 e. The zero-order valence-corrected chi connectivity index (χ0v) is 11.0. The number of carbonyl (C=O) groups excluding carboxylic acids is 1. The maximum absolute atomic E-state index is 11.9. The Hall–Kier alpha value is -1.52. The first-order valence-electron chi connectivity index (χ1n) is 6.07. The summed E-state index contributed by atoms with van der Waals surface area (Å²) in [6.45, 7) is 8.91. The summed E-state index contributed by atoms with van der Waals surface area (Å²) in [5.41, 5.74) is 6.50. The molecule has 0 saturated heterocycles. The summed E-state index contributed by atoms with van der Waals surface area (Å²) < 4.78 is 1.66. The minimum Gasteiger partial charge on any atom is -0.396 e. The second-order valence-electron chi connectivity index (χ2n) is 4.79. The molecule has 1 heterocycles. The maximum Gasteiger partial charge on any atom is 0.274 e. The lowest BCUT2D eigenvalue weighted by atomic mass is 10.1. The molecule has 0 aliphatic carbocycles. The lowest BCUT2D eigenvalue weighted by molar-refractivity contribution is 0.0931. The number of aromatic nitrogens is 2. The summed E-state index contributed by atoms with van der Waals surface area (Å²) in [4.78, 5) is 11.9. The molecule has 0 fully saturated rings. The van der Waals surface area contributed by atoms with E-state index in [1.165, 1.54) is 0 Å². The molecule has 0 radical (unpaired) electrons. The standard InChI is InChI=1S/C12H22N4O/c1-5-16-7-10(13)11(15-16)12(17)14-9(4)6-8(2)3/h7-9H,5-6,13H2,1-4H3,(H,14,17). The van der Waals surface area contributed by atoms with Crippen LogP contribution < -0.4 is 11.1 Å². The Morgan fingerprint density at radius 2 is 2.18 bits per heavy atom. The Morgan fingerprint density at radius 3 is 2.65 bits per heavy atom. The number of aryl methyl sites for hydroxylation is 1. The van der Waals surface area contributed by atoms with Gasteiger partial charge in [0.05, 0.1) is 5.69 Å². The van der Waals surface area contributed by atoms with Gasteiger partial charge in [-0.3, -0.25) is 9.48 Å². The monoisotopic (exact) mass is 238 g/mol. The van der Waals surface area contributed by atoms with Crippen LogP contribution in [0.5, 0.6) is 0 Å². The van der Waals surface area contributed by atoms with Crippen LogP contribution in [0.4, 0.5) is 5.69 Å². The van der Waals surface area contributed by atoms with Crippen LogP contribution in [-0.2, 0) is 6.54 Å². The van der Waals surface area contributed by atoms with Crippen molar-refractivity contribution in [1.82, 2.24) is 15.1 Å². The first-order chi connectivity index (χ1) is 7.93. The van der Waals surface area contributed by atoms with Crippen molar-refractivity contribution in [3.05, 3.63) is 11.9 Å². The predicted octanol–water partition coefficient (Wildman–Crippen LogP) is 1.65. The molecule has 5 heteroatoms. The number of carbonyl (C=O) groups is 1. The molecule has 1 unspecified atom stereocenters. The minimum absolute atomic E-state index is 0.133. The van der Waals surface area contributed by atoms with Crippen LogP contribution in [0.3, 0.4) is 0 Å². The van der Waals surface area contributed by atoms with E-state index in [2.05, 4.69) is 24.3 Å². The number of nitrogen functional groups attached to an aromatic ring is 1. The van der Waals surface area contributed by atoms with E-state index in [-0.39, 0.29) is 11.9 Å². The first kappa shape index (κ1) is 13.5. The molecule has 0 saturated carbocycles. The van der Waals surface area contributed by atoms with Crippen LogP contribution in [0.2, 0.25) is 0 Å². The summed E-state index contributed by atoms with van der Waals surface area (Å²) in [6.07, 6.45) is 2.63. The summed E-state index contributed by atoms with van der Waals surface area (Å²) in [5.74, 6) is 0.360. The smallest absolute Gasteiger partial charge is 0.274 e. The lowest BCUT2D eigenvalue weighted by Crippen LogP contribution is -2.34. The third-order valence-electron chi connectivity index (χ3n) is 2.53. The third kappa shape index (κ3) is 3.76. The molecular weight excluding hydrogens is 216 g/mol. The minimum atomic E-state index is -0.192. The predicted molar refractivity (Wildman–Crippen MR) is 68.7 cm³/mol. The Balaban J connectivity index is 2.66. The van der Waals surface area contributed by atoms with Crippen molar-refractivity contribution >= 4 is 11.6 Å². The fourth-order valence-electron chi connectivity index (χ4n) is 1.83. The normalized spacial score (nSPS) is 12.8. The molecule has 17 heavy (non-hydrogen) atoms. The Kier molecular flexibility index (Phi) is 4.54. The first-order valence-corrected chi connectivity index (χ1v) is 6.07. The number of nitrogens with one attached hydrogen (secondary N) is 1. The van der Waals surface area contributed by atoms with E-state index >= 15 is 0 Å². The van der Waals surface area contributed by atoms with Crippen LogP contribution >= 0.6 is 0 Å². The van der Waals surface area contributed by atoms with Gasteiger partial charge in [-0.1, -0.05) is 13.8 Å². The van der Waals surface area contributed by atoms with Crippen LogP contribution in [0, 0.1) is 5.92 Å². The molecule has 0 aromatic carbocycles. The highest BCUT2D eigenvalue weighted by molar-refractivity contribution is 5.97.